The third-order valence-corrected chi connectivity index (χ3v) is 2.18. The Morgan fingerprint density at radius 1 is 1.24 bits per heavy atom. The van der Waals surface area contributed by atoms with Gasteiger partial charge >= 0.3 is 0 Å². The molecule has 0 saturated carbocycles. The van der Waals surface area contributed by atoms with Crippen LogP contribution in [-0.4, -0.2) is 23.9 Å². The first kappa shape index (κ1) is 12.7. The lowest BCUT2D eigenvalue weighted by Crippen LogP contribution is -2.33. The predicted molar refractivity (Wildman–Crippen MR) is 57.9 cm³/mol. The molecule has 0 heterocycles. The van der Waals surface area contributed by atoms with Crippen molar-refractivity contribution in [1.29, 1.82) is 10.5 Å². The molecule has 0 atom stereocenters. The zero-order valence-corrected chi connectivity index (χ0v) is 9.06. The van der Waals surface area contributed by atoms with E-state index in [1.165, 1.54) is 18.2 Å². The maximum absolute atomic E-state index is 13.3. The van der Waals surface area contributed by atoms with E-state index >= 15 is 0 Å². The normalized spacial score (nSPS) is 9.12. The first-order valence-corrected chi connectivity index (χ1v) is 4.94. The van der Waals surface area contributed by atoms with Gasteiger partial charge in [-0.1, -0.05) is 18.2 Å². The number of hydrogen-bond donors (Lipinski definition) is 0. The SMILES string of the molecule is N#CCN(CC#N)C(=O)Cc1ccccc1F. The highest BCUT2D eigenvalue weighted by atomic mass is 19.1. The fourth-order valence-electron chi connectivity index (χ4n) is 1.32. The molecule has 1 aromatic rings. The van der Waals surface area contributed by atoms with Gasteiger partial charge in [0.1, 0.15) is 18.9 Å². The van der Waals surface area contributed by atoms with Crippen LogP contribution in [0.4, 0.5) is 4.39 Å². The molecule has 17 heavy (non-hydrogen) atoms. The molecule has 0 aliphatic carbocycles. The fourth-order valence-corrected chi connectivity index (χ4v) is 1.32. The van der Waals surface area contributed by atoms with Crippen LogP contribution in [0, 0.1) is 28.5 Å². The Morgan fingerprint density at radius 3 is 2.35 bits per heavy atom. The van der Waals surface area contributed by atoms with Crippen LogP contribution < -0.4 is 0 Å². The first-order chi connectivity index (χ1) is 8.19. The lowest BCUT2D eigenvalue weighted by molar-refractivity contribution is -0.129. The molecule has 86 valence electrons. The van der Waals surface area contributed by atoms with E-state index in [1.807, 2.05) is 0 Å². The predicted octanol–water partition coefficient (Wildman–Crippen LogP) is 1.24. The number of nitrogens with zero attached hydrogens (tertiary/aromatic N) is 3. The van der Waals surface area contributed by atoms with Crippen molar-refractivity contribution in [3.8, 4) is 12.1 Å². The van der Waals surface area contributed by atoms with Gasteiger partial charge in [-0.25, -0.2) is 4.39 Å². The van der Waals surface area contributed by atoms with Crippen LogP contribution in [0.25, 0.3) is 0 Å². The molecular weight excluding hydrogens is 221 g/mol. The van der Waals surface area contributed by atoms with E-state index in [9.17, 15) is 9.18 Å². The molecule has 1 aromatic carbocycles. The maximum Gasteiger partial charge on any atom is 0.228 e. The molecule has 0 unspecified atom stereocenters. The van der Waals surface area contributed by atoms with Crippen molar-refractivity contribution in [2.75, 3.05) is 13.1 Å². The Morgan fingerprint density at radius 2 is 1.82 bits per heavy atom. The summed E-state index contributed by atoms with van der Waals surface area (Å²) in [7, 11) is 0. The third kappa shape index (κ3) is 3.58. The quantitative estimate of drug-likeness (QED) is 0.732. The van der Waals surface area contributed by atoms with Crippen LogP contribution in [0.1, 0.15) is 5.56 Å². The van der Waals surface area contributed by atoms with Crippen LogP contribution in [0.15, 0.2) is 24.3 Å². The van der Waals surface area contributed by atoms with Gasteiger partial charge in [-0.3, -0.25) is 4.79 Å². The topological polar surface area (TPSA) is 67.9 Å². The molecule has 0 saturated heterocycles. The number of amides is 1. The van der Waals surface area contributed by atoms with Gasteiger partial charge in [0.05, 0.1) is 18.6 Å². The van der Waals surface area contributed by atoms with Crippen molar-refractivity contribution < 1.29 is 9.18 Å². The Balaban J connectivity index is 2.75. The molecule has 0 aliphatic heterocycles. The van der Waals surface area contributed by atoms with E-state index in [0.717, 1.165) is 4.90 Å². The van der Waals surface area contributed by atoms with Gasteiger partial charge in [0.15, 0.2) is 0 Å². The van der Waals surface area contributed by atoms with Crippen LogP contribution >= 0.6 is 0 Å². The van der Waals surface area contributed by atoms with Gasteiger partial charge < -0.3 is 4.90 Å². The number of rotatable bonds is 4. The highest BCUT2D eigenvalue weighted by molar-refractivity contribution is 5.79. The second-order valence-corrected chi connectivity index (χ2v) is 3.33. The smallest absolute Gasteiger partial charge is 0.228 e. The average molecular weight is 231 g/mol. The van der Waals surface area contributed by atoms with Crippen LogP contribution in [0.2, 0.25) is 0 Å². The molecular formula is C12H10FN3O. The minimum absolute atomic E-state index is 0.143. The Kier molecular flexibility index (Phi) is 4.65. The van der Waals surface area contributed by atoms with Crippen LogP contribution in [-0.2, 0) is 11.2 Å². The molecule has 0 aliphatic rings. The van der Waals surface area contributed by atoms with E-state index in [2.05, 4.69) is 0 Å². The van der Waals surface area contributed by atoms with Crippen LogP contribution in [0.5, 0.6) is 0 Å². The van der Waals surface area contributed by atoms with E-state index < -0.39 is 11.7 Å². The summed E-state index contributed by atoms with van der Waals surface area (Å²) in [6.45, 7) is -0.332. The van der Waals surface area contributed by atoms with Crippen molar-refractivity contribution in [1.82, 2.24) is 4.90 Å². The molecule has 0 aromatic heterocycles. The minimum Gasteiger partial charge on any atom is -0.316 e. The molecule has 4 nitrogen and oxygen atoms in total. The summed E-state index contributed by atoms with van der Waals surface area (Å²) in [6, 6.07) is 9.52. The molecule has 0 N–H and O–H groups in total. The van der Waals surface area contributed by atoms with Gasteiger partial charge in [0.2, 0.25) is 5.91 Å². The summed E-state index contributed by atoms with van der Waals surface area (Å²) in [4.78, 5) is 12.8. The molecule has 0 bridgehead atoms. The Bertz CT molecular complexity index is 471. The van der Waals surface area contributed by atoms with E-state index in [-0.39, 0.29) is 25.1 Å². The molecule has 5 heteroatoms. The summed E-state index contributed by atoms with van der Waals surface area (Å²) >= 11 is 0. The number of benzene rings is 1. The monoisotopic (exact) mass is 231 g/mol. The number of carbonyl (C=O) groups is 1. The second kappa shape index (κ2) is 6.24. The third-order valence-electron chi connectivity index (χ3n) is 2.18. The van der Waals surface area contributed by atoms with E-state index in [4.69, 9.17) is 10.5 Å². The average Bonchev–Trinajstić information content (AvgIpc) is 2.32. The molecule has 0 radical (unpaired) electrons. The molecule has 1 rings (SSSR count). The number of hydrogen-bond acceptors (Lipinski definition) is 3. The molecule has 0 fully saturated rings. The van der Waals surface area contributed by atoms with Gasteiger partial charge in [0.25, 0.3) is 0 Å². The number of carbonyl (C=O) groups excluding carboxylic acids is 1. The van der Waals surface area contributed by atoms with Gasteiger partial charge in [-0.2, -0.15) is 10.5 Å². The van der Waals surface area contributed by atoms with Gasteiger partial charge in [-0.15, -0.1) is 0 Å². The van der Waals surface area contributed by atoms with Crippen molar-refractivity contribution in [2.24, 2.45) is 0 Å². The summed E-state index contributed by atoms with van der Waals surface area (Å²) in [5, 5.41) is 17.0. The zero-order chi connectivity index (χ0) is 12.7. The second-order valence-electron chi connectivity index (χ2n) is 3.33. The summed E-state index contributed by atoms with van der Waals surface area (Å²) in [6.07, 6.45) is -0.143. The largest absolute Gasteiger partial charge is 0.316 e. The van der Waals surface area contributed by atoms with E-state index in [1.54, 1.807) is 18.2 Å². The highest BCUT2D eigenvalue weighted by Gasteiger charge is 2.14. The van der Waals surface area contributed by atoms with Crippen molar-refractivity contribution in [2.45, 2.75) is 6.42 Å². The van der Waals surface area contributed by atoms with Crippen molar-refractivity contribution >= 4 is 5.91 Å². The highest BCUT2D eigenvalue weighted by Crippen LogP contribution is 2.08. The van der Waals surface area contributed by atoms with Crippen molar-refractivity contribution in [3.05, 3.63) is 35.6 Å². The lowest BCUT2D eigenvalue weighted by Gasteiger charge is -2.15. The van der Waals surface area contributed by atoms with Crippen LogP contribution in [0.3, 0.4) is 0 Å². The molecule has 1 amide bonds. The van der Waals surface area contributed by atoms with Gasteiger partial charge in [-0.05, 0) is 11.6 Å². The Labute approximate surface area is 98.5 Å². The standard InChI is InChI=1S/C12H10FN3O/c13-11-4-2-1-3-10(11)9-12(17)16(7-5-14)8-6-15/h1-4H,7-9H2. The van der Waals surface area contributed by atoms with E-state index in [0.29, 0.717) is 0 Å². The zero-order valence-electron chi connectivity index (χ0n) is 9.06. The fraction of sp³-hybridized carbons (Fsp3) is 0.250. The summed E-state index contributed by atoms with van der Waals surface area (Å²) in [5.74, 6) is -0.895. The summed E-state index contributed by atoms with van der Waals surface area (Å²) < 4.78 is 13.3. The number of nitriles is 2. The first-order valence-electron chi connectivity index (χ1n) is 4.94. The lowest BCUT2D eigenvalue weighted by atomic mass is 10.1. The molecule has 0 spiro atoms. The Hall–Kier alpha value is -2.40. The van der Waals surface area contributed by atoms with Crippen molar-refractivity contribution in [3.63, 3.8) is 0 Å². The maximum atomic E-state index is 13.3. The minimum atomic E-state index is -0.463. The van der Waals surface area contributed by atoms with Gasteiger partial charge in [0, 0.05) is 0 Å². The number of halogens is 1. The summed E-state index contributed by atoms with van der Waals surface area (Å²) in [5.41, 5.74) is 0.262.